The Bertz CT molecular complexity index is 1840. The lowest BCUT2D eigenvalue weighted by Crippen LogP contribution is -2.49. The molecule has 2 aliphatic rings. The predicted molar refractivity (Wildman–Crippen MR) is 195 cm³/mol. The van der Waals surface area contributed by atoms with E-state index in [4.69, 9.17) is 26.3 Å². The van der Waals surface area contributed by atoms with Gasteiger partial charge in [-0.1, -0.05) is 41.6 Å². The molecule has 3 aromatic heterocycles. The number of thiazole rings is 1. The zero-order chi connectivity index (χ0) is 34.7. The molecule has 2 aliphatic heterocycles. The van der Waals surface area contributed by atoms with Crippen molar-refractivity contribution < 1.29 is 19.4 Å². The van der Waals surface area contributed by atoms with Crippen LogP contribution >= 0.6 is 22.9 Å². The number of methoxy groups -OCH3 is 1. The van der Waals surface area contributed by atoms with E-state index in [0.29, 0.717) is 90.1 Å². The standard InChI is InChI=1S/C35H39ClN8O4S/c1-5-29(45)43-15-17-44(18-16-43)32-26(42-13-11-35(3,47)12-14-42)19-23(20-37-32)25-9-10-27(48-4)31(39-25)41-34-38-21-28(49-34)33(46)40-30-22(2)7-6-8-24(30)36/h5-10,19-21,47H,1,11-18H2,2-4H3,(H,40,46)(H,38,39,41). The number of anilines is 5. The van der Waals surface area contributed by atoms with Gasteiger partial charge in [0.1, 0.15) is 4.88 Å². The predicted octanol–water partition coefficient (Wildman–Crippen LogP) is 5.75. The minimum absolute atomic E-state index is 0.0687. The molecule has 0 atom stereocenters. The highest BCUT2D eigenvalue weighted by molar-refractivity contribution is 7.17. The Balaban J connectivity index is 1.26. The Morgan fingerprint density at radius 3 is 2.51 bits per heavy atom. The molecular weight excluding hydrogens is 664 g/mol. The third-order valence-corrected chi connectivity index (χ3v) is 10.1. The van der Waals surface area contributed by atoms with Crippen LogP contribution in [0.15, 0.2) is 61.4 Å². The van der Waals surface area contributed by atoms with Gasteiger partial charge in [-0.2, -0.15) is 0 Å². The van der Waals surface area contributed by atoms with Gasteiger partial charge >= 0.3 is 0 Å². The number of para-hydroxylation sites is 1. The van der Waals surface area contributed by atoms with Gasteiger partial charge in [-0.05, 0) is 62.6 Å². The summed E-state index contributed by atoms with van der Waals surface area (Å²) in [5.41, 5.74) is 3.13. The van der Waals surface area contributed by atoms with Crippen molar-refractivity contribution in [1.82, 2.24) is 19.9 Å². The van der Waals surface area contributed by atoms with Crippen LogP contribution in [-0.4, -0.2) is 88.8 Å². The summed E-state index contributed by atoms with van der Waals surface area (Å²) in [6, 6.07) is 11.2. The third-order valence-electron chi connectivity index (χ3n) is 8.88. The second-order valence-corrected chi connectivity index (χ2v) is 13.8. The van der Waals surface area contributed by atoms with E-state index in [0.717, 1.165) is 22.6 Å². The minimum atomic E-state index is -0.708. The molecule has 0 aliphatic carbocycles. The van der Waals surface area contributed by atoms with Crippen LogP contribution in [0, 0.1) is 6.92 Å². The topological polar surface area (TPSA) is 136 Å². The van der Waals surface area contributed by atoms with E-state index in [1.807, 2.05) is 38.1 Å². The zero-order valence-electron chi connectivity index (χ0n) is 27.7. The van der Waals surface area contributed by atoms with Crippen LogP contribution < -0.4 is 25.2 Å². The van der Waals surface area contributed by atoms with Crippen LogP contribution in [0.25, 0.3) is 11.3 Å². The summed E-state index contributed by atoms with van der Waals surface area (Å²) in [6.07, 6.45) is 5.94. The van der Waals surface area contributed by atoms with E-state index in [2.05, 4.69) is 38.1 Å². The normalized spacial score (nSPS) is 15.9. The number of nitrogens with one attached hydrogen (secondary N) is 2. The van der Waals surface area contributed by atoms with Gasteiger partial charge in [0, 0.05) is 51.0 Å². The molecule has 49 heavy (non-hydrogen) atoms. The number of carbonyl (C=O) groups is 2. The third kappa shape index (κ3) is 7.64. The van der Waals surface area contributed by atoms with Gasteiger partial charge in [-0.3, -0.25) is 9.59 Å². The van der Waals surface area contributed by atoms with E-state index < -0.39 is 5.60 Å². The van der Waals surface area contributed by atoms with Crippen LogP contribution in [0.2, 0.25) is 5.02 Å². The largest absolute Gasteiger partial charge is 0.493 e. The van der Waals surface area contributed by atoms with Crippen molar-refractivity contribution in [3.63, 3.8) is 0 Å². The zero-order valence-corrected chi connectivity index (χ0v) is 29.3. The van der Waals surface area contributed by atoms with Gasteiger partial charge < -0.3 is 35.2 Å². The van der Waals surface area contributed by atoms with Crippen LogP contribution in [0.5, 0.6) is 5.75 Å². The van der Waals surface area contributed by atoms with E-state index >= 15 is 0 Å². The Labute approximate surface area is 294 Å². The first-order valence-corrected chi connectivity index (χ1v) is 17.2. The average molecular weight is 703 g/mol. The summed E-state index contributed by atoms with van der Waals surface area (Å²) in [7, 11) is 1.57. The van der Waals surface area contributed by atoms with Crippen molar-refractivity contribution in [2.24, 2.45) is 0 Å². The SMILES string of the molecule is C=CC(=O)N1CCN(c2ncc(-c3ccc(OC)c(Nc4ncc(C(=O)Nc5c(C)cccc5Cl)s4)n3)cc2N2CCC(C)(O)CC2)CC1. The van der Waals surface area contributed by atoms with Gasteiger partial charge in [0.15, 0.2) is 22.5 Å². The summed E-state index contributed by atoms with van der Waals surface area (Å²) in [4.78, 5) is 46.1. The Hall–Kier alpha value is -4.72. The molecule has 0 bridgehead atoms. The molecule has 5 heterocycles. The molecule has 0 radical (unpaired) electrons. The number of hydrogen-bond donors (Lipinski definition) is 3. The number of halogens is 1. The fourth-order valence-corrected chi connectivity index (χ4v) is 6.90. The molecule has 0 saturated carbocycles. The Morgan fingerprint density at radius 1 is 1.06 bits per heavy atom. The molecule has 6 rings (SSSR count). The first-order valence-electron chi connectivity index (χ1n) is 16.0. The molecule has 4 aromatic rings. The van der Waals surface area contributed by atoms with Gasteiger partial charge in [0.05, 0.1) is 41.0 Å². The average Bonchev–Trinajstić information content (AvgIpc) is 3.58. The first kappa shape index (κ1) is 34.2. The maximum Gasteiger partial charge on any atom is 0.267 e. The van der Waals surface area contributed by atoms with Crippen molar-refractivity contribution in [3.05, 3.63) is 76.9 Å². The number of piperazine rings is 1. The van der Waals surface area contributed by atoms with Gasteiger partial charge in [-0.25, -0.2) is 15.0 Å². The highest BCUT2D eigenvalue weighted by Crippen LogP contribution is 2.37. The minimum Gasteiger partial charge on any atom is -0.493 e. The lowest BCUT2D eigenvalue weighted by molar-refractivity contribution is -0.126. The summed E-state index contributed by atoms with van der Waals surface area (Å²) in [6.45, 7) is 11.2. The van der Waals surface area contributed by atoms with Crippen LogP contribution in [0.1, 0.15) is 35.0 Å². The fraction of sp³-hybridized carbons (Fsp3) is 0.343. The number of nitrogens with zero attached hydrogens (tertiary/aromatic N) is 6. The van der Waals surface area contributed by atoms with Crippen LogP contribution in [-0.2, 0) is 4.79 Å². The molecule has 256 valence electrons. The number of amides is 2. The number of aromatic nitrogens is 3. The fourth-order valence-electron chi connectivity index (χ4n) is 5.92. The summed E-state index contributed by atoms with van der Waals surface area (Å²) < 4.78 is 5.61. The molecule has 2 saturated heterocycles. The number of aliphatic hydroxyl groups is 1. The molecule has 1 aromatic carbocycles. The maximum absolute atomic E-state index is 13.0. The number of carbonyl (C=O) groups excluding carboxylic acids is 2. The van der Waals surface area contributed by atoms with Crippen LogP contribution in [0.4, 0.5) is 28.1 Å². The van der Waals surface area contributed by atoms with Crippen molar-refractivity contribution in [1.29, 1.82) is 0 Å². The highest BCUT2D eigenvalue weighted by atomic mass is 35.5. The number of aryl methyl sites for hydroxylation is 1. The van der Waals surface area contributed by atoms with Gasteiger partial charge in [0.25, 0.3) is 5.91 Å². The monoisotopic (exact) mass is 702 g/mol. The van der Waals surface area contributed by atoms with Crippen molar-refractivity contribution >= 4 is 62.9 Å². The van der Waals surface area contributed by atoms with Crippen molar-refractivity contribution in [3.8, 4) is 17.0 Å². The molecule has 12 nitrogen and oxygen atoms in total. The molecule has 2 fully saturated rings. The Morgan fingerprint density at radius 2 is 1.82 bits per heavy atom. The van der Waals surface area contributed by atoms with E-state index in [1.165, 1.54) is 23.6 Å². The summed E-state index contributed by atoms with van der Waals surface area (Å²) >= 11 is 7.49. The summed E-state index contributed by atoms with van der Waals surface area (Å²) in [5.74, 6) is 1.39. The lowest BCUT2D eigenvalue weighted by atomic mass is 9.93. The lowest BCUT2D eigenvalue weighted by Gasteiger charge is -2.40. The second-order valence-electron chi connectivity index (χ2n) is 12.4. The maximum atomic E-state index is 13.0. The number of benzene rings is 1. The molecule has 0 unspecified atom stereocenters. The van der Waals surface area contributed by atoms with Gasteiger partial charge in [-0.15, -0.1) is 0 Å². The van der Waals surface area contributed by atoms with Gasteiger partial charge in [0.2, 0.25) is 5.91 Å². The smallest absolute Gasteiger partial charge is 0.267 e. The second kappa shape index (κ2) is 14.4. The number of hydrogen-bond acceptors (Lipinski definition) is 11. The molecule has 2 amide bonds. The summed E-state index contributed by atoms with van der Waals surface area (Å²) in [5, 5.41) is 17.7. The van der Waals surface area contributed by atoms with Crippen molar-refractivity contribution in [2.75, 3.05) is 66.8 Å². The van der Waals surface area contributed by atoms with E-state index in [9.17, 15) is 14.7 Å². The molecule has 0 spiro atoms. The quantitative estimate of drug-likeness (QED) is 0.185. The first-order chi connectivity index (χ1) is 23.5. The highest BCUT2D eigenvalue weighted by Gasteiger charge is 2.31. The Kier molecular flexibility index (Phi) is 10.0. The van der Waals surface area contributed by atoms with E-state index in [-0.39, 0.29) is 11.8 Å². The number of pyridine rings is 2. The number of rotatable bonds is 9. The molecule has 3 N–H and O–H groups in total. The van der Waals surface area contributed by atoms with Crippen LogP contribution in [0.3, 0.4) is 0 Å². The number of piperidine rings is 1. The molecular formula is C35H39ClN8O4S. The van der Waals surface area contributed by atoms with E-state index in [1.54, 1.807) is 24.3 Å². The van der Waals surface area contributed by atoms with Crippen molar-refractivity contribution in [2.45, 2.75) is 32.3 Å². The molecule has 14 heteroatoms. The number of ether oxygens (including phenoxy) is 1.